The van der Waals surface area contributed by atoms with Crippen molar-refractivity contribution >= 4 is 46.9 Å². The van der Waals surface area contributed by atoms with Crippen LogP contribution >= 0.6 is 23.2 Å². The first kappa shape index (κ1) is 28.1. The molecule has 160 valence electrons. The van der Waals surface area contributed by atoms with Gasteiger partial charge in [0.2, 0.25) is 0 Å². The van der Waals surface area contributed by atoms with Crippen LogP contribution in [0, 0.1) is 0 Å². The number of carbonyl (C=O) groups is 3. The van der Waals surface area contributed by atoms with Crippen LogP contribution in [-0.4, -0.2) is 29.6 Å². The second kappa shape index (κ2) is 12.3. The molecule has 0 fully saturated rings. The van der Waals surface area contributed by atoms with Crippen LogP contribution in [0.15, 0.2) is 42.5 Å². The Morgan fingerprint density at radius 2 is 1.58 bits per heavy atom. The molecule has 2 rings (SSSR count). The van der Waals surface area contributed by atoms with Gasteiger partial charge in [-0.15, -0.1) is 0 Å². The zero-order valence-corrected chi connectivity index (χ0v) is 24.1. The second-order valence-electron chi connectivity index (χ2n) is 7.47. The molecule has 31 heavy (non-hydrogen) atoms. The third-order valence-corrected chi connectivity index (χ3v) is 4.45. The van der Waals surface area contributed by atoms with Crippen molar-refractivity contribution in [3.05, 3.63) is 63.6 Å². The minimum Gasteiger partial charge on any atom is -0.548 e. The van der Waals surface area contributed by atoms with Gasteiger partial charge in [0, 0.05) is 5.69 Å². The van der Waals surface area contributed by atoms with E-state index in [0.717, 1.165) is 0 Å². The summed E-state index contributed by atoms with van der Waals surface area (Å²) < 4.78 is 5.07. The summed E-state index contributed by atoms with van der Waals surface area (Å²) in [6.07, 6.45) is -0.871. The number of rotatable bonds is 6. The molecule has 0 radical (unpaired) electrons. The average Bonchev–Trinajstić information content (AvgIpc) is 2.61. The Balaban J connectivity index is 0.00000480. The average molecular weight is 538 g/mol. The van der Waals surface area contributed by atoms with E-state index in [1.54, 1.807) is 63.2 Å². The van der Waals surface area contributed by atoms with Crippen LogP contribution in [0.5, 0.6) is 0 Å². The fraction of sp³-hybridized carbons (Fsp3) is 0.286. The van der Waals surface area contributed by atoms with Crippen LogP contribution in [0.2, 0.25) is 10.0 Å². The third kappa shape index (κ3) is 9.20. The van der Waals surface area contributed by atoms with Gasteiger partial charge in [-0.3, -0.25) is 4.79 Å². The van der Waals surface area contributed by atoms with Crippen LogP contribution in [0.4, 0.5) is 10.5 Å². The predicted octanol–water partition coefficient (Wildman–Crippen LogP) is 0.435. The van der Waals surface area contributed by atoms with Crippen molar-refractivity contribution in [2.45, 2.75) is 38.8 Å². The van der Waals surface area contributed by atoms with Crippen molar-refractivity contribution in [3.8, 4) is 0 Å². The van der Waals surface area contributed by atoms with Crippen molar-refractivity contribution < 1.29 is 82.4 Å². The molecule has 0 heterocycles. The third-order valence-electron chi connectivity index (χ3n) is 3.82. The van der Waals surface area contributed by atoms with Gasteiger partial charge in [0.05, 0.1) is 27.6 Å². The number of halogens is 2. The standard InChI is InChI=1S/C21H22Cl2N2O5.Rb/c1-21(2,3)30-20(29)25-16(19(27)28)11-12-7-9-13(10-8-12)24-18(26)17-14(22)5-4-6-15(17)23;/h4-10,16H,11H2,1-3H3,(H,24,26)(H,25,29)(H,27,28);/q;+1/p-1/t16-;/m0./s1. The molecule has 0 aliphatic rings. The molecule has 0 aliphatic carbocycles. The number of aliphatic carboxylic acids is 1. The van der Waals surface area contributed by atoms with Crippen molar-refractivity contribution in [1.29, 1.82) is 0 Å². The Hall–Kier alpha value is -0.965. The van der Waals surface area contributed by atoms with E-state index in [2.05, 4.69) is 10.6 Å². The maximum absolute atomic E-state index is 12.4. The van der Waals surface area contributed by atoms with E-state index in [9.17, 15) is 19.5 Å². The van der Waals surface area contributed by atoms with Crippen LogP contribution in [0.25, 0.3) is 0 Å². The van der Waals surface area contributed by atoms with Crippen LogP contribution in [0.1, 0.15) is 36.7 Å². The maximum Gasteiger partial charge on any atom is 1.00 e. The van der Waals surface area contributed by atoms with Gasteiger partial charge in [-0.2, -0.15) is 0 Å². The van der Waals surface area contributed by atoms with Gasteiger partial charge in [0.25, 0.3) is 5.91 Å². The molecule has 0 unspecified atom stereocenters. The van der Waals surface area contributed by atoms with Gasteiger partial charge in [-0.25, -0.2) is 4.79 Å². The molecule has 0 aliphatic heterocycles. The monoisotopic (exact) mass is 536 g/mol. The largest absolute Gasteiger partial charge is 1.00 e. The number of benzene rings is 2. The predicted molar refractivity (Wildman–Crippen MR) is 113 cm³/mol. The molecule has 2 aromatic carbocycles. The number of carbonyl (C=O) groups excluding carboxylic acids is 3. The number of carboxylic acids is 1. The zero-order valence-electron chi connectivity index (χ0n) is 17.6. The number of nitrogens with one attached hydrogen (secondary N) is 2. The van der Waals surface area contributed by atoms with Crippen molar-refractivity contribution in [2.24, 2.45) is 0 Å². The first-order valence-corrected chi connectivity index (χ1v) is 9.76. The van der Waals surface area contributed by atoms with Crippen LogP contribution in [-0.2, 0) is 16.0 Å². The summed E-state index contributed by atoms with van der Waals surface area (Å²) in [7, 11) is 0. The van der Waals surface area contributed by atoms with E-state index in [0.29, 0.717) is 11.3 Å². The normalized spacial score (nSPS) is 11.6. The number of carboxylic acid groups (broad SMARTS) is 1. The van der Waals surface area contributed by atoms with Gasteiger partial charge < -0.3 is 25.3 Å². The molecular weight excluding hydrogens is 517 g/mol. The summed E-state index contributed by atoms with van der Waals surface area (Å²) in [5, 5.41) is 16.8. The number of hydrogen-bond donors (Lipinski definition) is 2. The summed E-state index contributed by atoms with van der Waals surface area (Å²) in [5.41, 5.74) is 0.465. The van der Waals surface area contributed by atoms with E-state index in [1.807, 2.05) is 0 Å². The fourth-order valence-corrected chi connectivity index (χ4v) is 3.08. The SMILES string of the molecule is CC(C)(C)OC(=O)N[C@@H](Cc1ccc(NC(=O)c2c(Cl)cccc2Cl)cc1)C(=O)[O-].[Rb+]. The minimum atomic E-state index is -1.44. The summed E-state index contributed by atoms with van der Waals surface area (Å²) >= 11 is 12.1. The van der Waals surface area contributed by atoms with E-state index < -0.39 is 29.6 Å². The van der Waals surface area contributed by atoms with Crippen LogP contribution in [0.3, 0.4) is 0 Å². The molecule has 2 aromatic rings. The number of alkyl carbamates (subject to hydrolysis) is 1. The quantitative estimate of drug-likeness (QED) is 0.556. The first-order valence-electron chi connectivity index (χ1n) is 9.01. The van der Waals surface area contributed by atoms with E-state index in [4.69, 9.17) is 27.9 Å². The molecule has 10 heteroatoms. The Morgan fingerprint density at radius 3 is 2.06 bits per heavy atom. The van der Waals surface area contributed by atoms with Crippen molar-refractivity contribution in [1.82, 2.24) is 5.32 Å². The van der Waals surface area contributed by atoms with E-state index >= 15 is 0 Å². The topological polar surface area (TPSA) is 108 Å². The molecule has 0 bridgehead atoms. The number of anilines is 1. The molecule has 7 nitrogen and oxygen atoms in total. The molecule has 1 atom stereocenters. The maximum atomic E-state index is 12.4. The molecule has 0 spiro atoms. The molecule has 0 saturated heterocycles. The van der Waals surface area contributed by atoms with E-state index in [1.165, 1.54) is 0 Å². The number of ether oxygens (including phenoxy) is 1. The summed E-state index contributed by atoms with van der Waals surface area (Å²) in [6, 6.07) is 9.91. The molecule has 2 amide bonds. The van der Waals surface area contributed by atoms with E-state index in [-0.39, 0.29) is 80.2 Å². The van der Waals surface area contributed by atoms with Gasteiger partial charge in [-0.05, 0) is 57.0 Å². The summed E-state index contributed by atoms with van der Waals surface area (Å²) in [5.74, 6) is -1.91. The van der Waals surface area contributed by atoms with Gasteiger partial charge in [0.15, 0.2) is 0 Å². The smallest absolute Gasteiger partial charge is 0.548 e. The Labute approximate surface area is 239 Å². The molecule has 0 saturated carbocycles. The molecule has 2 N–H and O–H groups in total. The van der Waals surface area contributed by atoms with Crippen molar-refractivity contribution in [3.63, 3.8) is 0 Å². The van der Waals surface area contributed by atoms with Gasteiger partial charge in [-0.1, -0.05) is 41.4 Å². The Morgan fingerprint density at radius 1 is 1.03 bits per heavy atom. The Kier molecular flexibility index (Phi) is 11.2. The zero-order chi connectivity index (χ0) is 22.5. The first-order chi connectivity index (χ1) is 14.0. The minimum absolute atomic E-state index is 0. The van der Waals surface area contributed by atoms with Crippen LogP contribution < -0.4 is 73.9 Å². The fourth-order valence-electron chi connectivity index (χ4n) is 2.51. The molecule has 0 aromatic heterocycles. The number of hydrogen-bond acceptors (Lipinski definition) is 5. The Bertz CT molecular complexity index is 926. The van der Waals surface area contributed by atoms with Crippen molar-refractivity contribution in [2.75, 3.05) is 5.32 Å². The number of amides is 2. The second-order valence-corrected chi connectivity index (χ2v) is 8.28. The van der Waals surface area contributed by atoms with Gasteiger partial charge in [0.1, 0.15) is 5.60 Å². The summed E-state index contributed by atoms with van der Waals surface area (Å²) in [4.78, 5) is 35.6. The van der Waals surface area contributed by atoms with Gasteiger partial charge >= 0.3 is 64.3 Å². The molecular formula is C21H21Cl2N2O5Rb. The summed E-state index contributed by atoms with van der Waals surface area (Å²) in [6.45, 7) is 5.01.